The maximum absolute atomic E-state index is 5.50. The summed E-state index contributed by atoms with van der Waals surface area (Å²) >= 11 is 1.78. The predicted octanol–water partition coefficient (Wildman–Crippen LogP) is 3.06. The average Bonchev–Trinajstić information content (AvgIpc) is 3.54. The fraction of sp³-hybridized carbons (Fsp3) is 0.458. The second-order valence-electron chi connectivity index (χ2n) is 8.72. The van der Waals surface area contributed by atoms with Crippen LogP contribution in [-0.2, 0) is 24.1 Å². The topological polar surface area (TPSA) is 100 Å². The summed E-state index contributed by atoms with van der Waals surface area (Å²) in [7, 11) is 3.22. The fourth-order valence-corrected chi connectivity index (χ4v) is 6.03. The van der Waals surface area contributed by atoms with Gasteiger partial charge in [0, 0.05) is 23.5 Å². The Hall–Kier alpha value is -3.15. The monoisotopic (exact) mass is 493 g/mol. The van der Waals surface area contributed by atoms with E-state index in [9.17, 15) is 0 Å². The first-order valence-electron chi connectivity index (χ1n) is 11.9. The van der Waals surface area contributed by atoms with Gasteiger partial charge in [0.15, 0.2) is 17.3 Å². The van der Waals surface area contributed by atoms with Gasteiger partial charge >= 0.3 is 0 Å². The van der Waals surface area contributed by atoms with Crippen molar-refractivity contribution in [2.45, 2.75) is 32.2 Å². The number of tetrazole rings is 1. The largest absolute Gasteiger partial charge is 0.493 e. The summed E-state index contributed by atoms with van der Waals surface area (Å²) in [6.45, 7) is 3.90. The van der Waals surface area contributed by atoms with Gasteiger partial charge in [-0.1, -0.05) is 0 Å². The first-order valence-corrected chi connectivity index (χ1v) is 12.7. The van der Waals surface area contributed by atoms with Gasteiger partial charge in [-0.2, -0.15) is 0 Å². The van der Waals surface area contributed by atoms with Crippen LogP contribution in [0, 0.1) is 0 Å². The number of aryl methyl sites for hydroxylation is 2. The molecule has 1 aliphatic heterocycles. The third kappa shape index (κ3) is 4.24. The summed E-state index contributed by atoms with van der Waals surface area (Å²) in [5.74, 6) is 3.25. The van der Waals surface area contributed by atoms with Crippen LogP contribution in [0.5, 0.6) is 11.5 Å². The first-order chi connectivity index (χ1) is 17.2. The van der Waals surface area contributed by atoms with E-state index in [4.69, 9.17) is 29.3 Å². The summed E-state index contributed by atoms with van der Waals surface area (Å²) in [6, 6.07) is 5.59. The number of rotatable bonds is 6. The molecule has 10 nitrogen and oxygen atoms in total. The van der Waals surface area contributed by atoms with Crippen molar-refractivity contribution >= 4 is 21.6 Å². The Bertz CT molecular complexity index is 1360. The third-order valence-electron chi connectivity index (χ3n) is 6.56. The third-order valence-corrected chi connectivity index (χ3v) is 7.74. The summed E-state index contributed by atoms with van der Waals surface area (Å²) in [4.78, 5) is 16.3. The Labute approximate surface area is 206 Å². The van der Waals surface area contributed by atoms with E-state index < -0.39 is 0 Å². The Morgan fingerprint density at radius 2 is 1.86 bits per heavy atom. The second kappa shape index (κ2) is 9.48. The highest BCUT2D eigenvalue weighted by molar-refractivity contribution is 7.18. The zero-order valence-electron chi connectivity index (χ0n) is 19.9. The van der Waals surface area contributed by atoms with Gasteiger partial charge in [-0.3, -0.25) is 4.90 Å². The van der Waals surface area contributed by atoms with Crippen LogP contribution in [0.1, 0.15) is 29.1 Å². The van der Waals surface area contributed by atoms with Crippen LogP contribution in [0.15, 0.2) is 18.2 Å². The molecular weight excluding hydrogens is 466 g/mol. The molecule has 0 bridgehead atoms. The summed E-state index contributed by atoms with van der Waals surface area (Å²) in [5, 5.41) is 14.5. The molecule has 1 aliphatic carbocycles. The van der Waals surface area contributed by atoms with Crippen molar-refractivity contribution in [1.29, 1.82) is 0 Å². The van der Waals surface area contributed by atoms with Crippen LogP contribution < -0.4 is 9.47 Å². The Kier molecular flexibility index (Phi) is 6.05. The lowest BCUT2D eigenvalue weighted by atomic mass is 9.97. The molecule has 0 radical (unpaired) electrons. The number of thiophene rings is 1. The molecule has 35 heavy (non-hydrogen) atoms. The zero-order valence-corrected chi connectivity index (χ0v) is 20.7. The van der Waals surface area contributed by atoms with Gasteiger partial charge in [0.2, 0.25) is 5.82 Å². The fourth-order valence-electron chi connectivity index (χ4n) is 4.75. The molecule has 4 aromatic rings. The van der Waals surface area contributed by atoms with Crippen LogP contribution in [0.3, 0.4) is 0 Å². The molecule has 0 saturated carbocycles. The molecule has 1 saturated heterocycles. The van der Waals surface area contributed by atoms with Gasteiger partial charge < -0.3 is 14.2 Å². The van der Waals surface area contributed by atoms with E-state index in [1.807, 2.05) is 18.2 Å². The van der Waals surface area contributed by atoms with Crippen LogP contribution >= 0.6 is 11.3 Å². The minimum Gasteiger partial charge on any atom is -0.493 e. The number of fused-ring (bicyclic) bond motifs is 3. The van der Waals surface area contributed by atoms with E-state index in [1.165, 1.54) is 23.3 Å². The van der Waals surface area contributed by atoms with Gasteiger partial charge in [-0.05, 0) is 54.7 Å². The van der Waals surface area contributed by atoms with Gasteiger partial charge in [-0.15, -0.1) is 26.3 Å². The number of ether oxygens (including phenoxy) is 3. The maximum Gasteiger partial charge on any atom is 0.205 e. The van der Waals surface area contributed by atoms with Crippen molar-refractivity contribution < 1.29 is 14.2 Å². The number of benzene rings is 1. The van der Waals surface area contributed by atoms with Gasteiger partial charge in [0.05, 0.1) is 39.4 Å². The van der Waals surface area contributed by atoms with E-state index in [-0.39, 0.29) is 0 Å². The van der Waals surface area contributed by atoms with Crippen LogP contribution in [-0.4, -0.2) is 75.6 Å². The predicted molar refractivity (Wildman–Crippen MR) is 131 cm³/mol. The molecule has 11 heteroatoms. The molecule has 0 spiro atoms. The summed E-state index contributed by atoms with van der Waals surface area (Å²) < 4.78 is 16.3. The molecule has 1 fully saturated rings. The minimum atomic E-state index is 0.497. The molecule has 6 rings (SSSR count). The van der Waals surface area contributed by atoms with Crippen molar-refractivity contribution in [2.75, 3.05) is 40.5 Å². The van der Waals surface area contributed by atoms with Crippen molar-refractivity contribution in [3.05, 3.63) is 34.5 Å². The normalized spacial score (nSPS) is 16.4. The number of morpholine rings is 1. The molecule has 3 aromatic heterocycles. The molecule has 2 aliphatic rings. The Morgan fingerprint density at radius 1 is 1.03 bits per heavy atom. The smallest absolute Gasteiger partial charge is 0.205 e. The van der Waals surface area contributed by atoms with Gasteiger partial charge in [0.25, 0.3) is 0 Å². The molecule has 0 N–H and O–H groups in total. The Balaban J connectivity index is 1.43. The molecule has 4 heterocycles. The van der Waals surface area contributed by atoms with E-state index in [0.29, 0.717) is 29.7 Å². The molecular formula is C24H27N7O3S. The van der Waals surface area contributed by atoms with Gasteiger partial charge in [-0.25, -0.2) is 9.97 Å². The first kappa shape index (κ1) is 22.3. The lowest BCUT2D eigenvalue weighted by Crippen LogP contribution is -2.36. The number of methoxy groups -OCH3 is 2. The van der Waals surface area contributed by atoms with E-state index in [1.54, 1.807) is 30.4 Å². The highest BCUT2D eigenvalue weighted by Crippen LogP contribution is 2.38. The number of nitrogens with zero attached hydrogens (tertiary/aromatic N) is 7. The van der Waals surface area contributed by atoms with Gasteiger partial charge in [0.1, 0.15) is 10.7 Å². The highest BCUT2D eigenvalue weighted by Gasteiger charge is 2.24. The SMILES string of the molecule is COc1ccc(-c2nnn(-c3nc(CN4CCOCC4)nc4sc5c(c34)CCCC5)n2)cc1OC. The second-order valence-corrected chi connectivity index (χ2v) is 9.80. The number of hydrogen-bond acceptors (Lipinski definition) is 10. The molecule has 1 aromatic carbocycles. The maximum atomic E-state index is 5.50. The average molecular weight is 494 g/mol. The van der Waals surface area contributed by atoms with Crippen molar-refractivity contribution in [3.8, 4) is 28.7 Å². The van der Waals surface area contributed by atoms with Crippen LogP contribution in [0.4, 0.5) is 0 Å². The molecule has 0 unspecified atom stereocenters. The van der Waals surface area contributed by atoms with Crippen LogP contribution in [0.2, 0.25) is 0 Å². The standard InChI is InChI=1S/C24H27N7O3S/c1-32-17-8-7-15(13-18(17)33-2)22-27-29-31(28-22)23-21-16-5-3-4-6-19(16)35-24(21)26-20(25-23)14-30-9-11-34-12-10-30/h7-8,13H,3-6,9-12,14H2,1-2H3. The number of hydrogen-bond donors (Lipinski definition) is 0. The van der Waals surface area contributed by atoms with Crippen molar-refractivity contribution in [3.63, 3.8) is 0 Å². The zero-order chi connectivity index (χ0) is 23.8. The van der Waals surface area contributed by atoms with E-state index in [2.05, 4.69) is 15.2 Å². The summed E-state index contributed by atoms with van der Waals surface area (Å²) in [6.07, 6.45) is 4.52. The quantitative estimate of drug-likeness (QED) is 0.401. The van der Waals surface area contributed by atoms with E-state index in [0.717, 1.165) is 60.7 Å². The minimum absolute atomic E-state index is 0.497. The van der Waals surface area contributed by atoms with Crippen molar-refractivity contribution in [1.82, 2.24) is 35.1 Å². The molecule has 0 atom stereocenters. The summed E-state index contributed by atoms with van der Waals surface area (Å²) in [5.41, 5.74) is 2.13. The Morgan fingerprint density at radius 3 is 2.69 bits per heavy atom. The van der Waals surface area contributed by atoms with Crippen molar-refractivity contribution in [2.24, 2.45) is 0 Å². The lowest BCUT2D eigenvalue weighted by molar-refractivity contribution is 0.0331. The number of aromatic nitrogens is 6. The molecule has 0 amide bonds. The van der Waals surface area contributed by atoms with Crippen LogP contribution in [0.25, 0.3) is 27.4 Å². The van der Waals surface area contributed by atoms with E-state index >= 15 is 0 Å². The highest BCUT2D eigenvalue weighted by atomic mass is 32.1. The lowest BCUT2D eigenvalue weighted by Gasteiger charge is -2.25. The molecule has 182 valence electrons.